The standard InChI is InChI=1S/C21H20F4N2O5/c22-16-11-27(19(29)9-12-1-4-14(5-2-12)32-21(23,24)25)8-7-17(16)31-18-10-13(28)3-6-15(18)20(26)30/h1-6,10,16-17,28H,7-9,11H2,(H2,26,30)/t16-,17-/m0/s1. The number of carbonyl (C=O) groups excluding carboxylic acids is 2. The van der Waals surface area contributed by atoms with Crippen molar-refractivity contribution in [3.8, 4) is 17.2 Å². The van der Waals surface area contributed by atoms with Gasteiger partial charge in [0.05, 0.1) is 18.5 Å². The van der Waals surface area contributed by atoms with E-state index in [0.717, 1.165) is 18.2 Å². The van der Waals surface area contributed by atoms with Crippen molar-refractivity contribution in [2.24, 2.45) is 5.73 Å². The number of aromatic hydroxyl groups is 1. The molecule has 0 radical (unpaired) electrons. The Bertz CT molecular complexity index is 981. The summed E-state index contributed by atoms with van der Waals surface area (Å²) in [4.78, 5) is 25.3. The fraction of sp³-hybridized carbons (Fsp3) is 0.333. The lowest BCUT2D eigenvalue weighted by molar-refractivity contribution is -0.274. The van der Waals surface area contributed by atoms with Gasteiger partial charge in [-0.3, -0.25) is 9.59 Å². The molecular formula is C21H20F4N2O5. The van der Waals surface area contributed by atoms with E-state index in [-0.39, 0.29) is 43.0 Å². The second-order valence-electron chi connectivity index (χ2n) is 7.21. The molecule has 0 saturated carbocycles. The summed E-state index contributed by atoms with van der Waals surface area (Å²) in [5.41, 5.74) is 5.71. The predicted molar refractivity (Wildman–Crippen MR) is 104 cm³/mol. The van der Waals surface area contributed by atoms with Crippen LogP contribution in [-0.4, -0.2) is 53.5 Å². The minimum atomic E-state index is -4.81. The molecule has 3 N–H and O–H groups in total. The summed E-state index contributed by atoms with van der Waals surface area (Å²) in [5.74, 6) is -1.83. The van der Waals surface area contributed by atoms with Gasteiger partial charge in [0.15, 0.2) is 6.17 Å². The zero-order chi connectivity index (χ0) is 23.5. The van der Waals surface area contributed by atoms with Crippen LogP contribution >= 0.6 is 0 Å². The van der Waals surface area contributed by atoms with Crippen LogP contribution in [0.1, 0.15) is 22.3 Å². The number of nitrogens with zero attached hydrogens (tertiary/aromatic N) is 1. The number of phenolic OH excluding ortho intramolecular Hbond substituents is 1. The number of hydrogen-bond acceptors (Lipinski definition) is 5. The molecule has 1 heterocycles. The molecule has 7 nitrogen and oxygen atoms in total. The lowest BCUT2D eigenvalue weighted by atomic mass is 10.0. The van der Waals surface area contributed by atoms with E-state index < -0.39 is 36.2 Å². The van der Waals surface area contributed by atoms with E-state index >= 15 is 0 Å². The van der Waals surface area contributed by atoms with Gasteiger partial charge in [-0.2, -0.15) is 0 Å². The Balaban J connectivity index is 1.58. The van der Waals surface area contributed by atoms with Gasteiger partial charge in [-0.1, -0.05) is 12.1 Å². The highest BCUT2D eigenvalue weighted by molar-refractivity contribution is 5.95. The number of halogens is 4. The number of amides is 2. The van der Waals surface area contributed by atoms with E-state index in [9.17, 15) is 32.3 Å². The molecule has 0 spiro atoms. The Morgan fingerprint density at radius 1 is 1.16 bits per heavy atom. The largest absolute Gasteiger partial charge is 0.573 e. The quantitative estimate of drug-likeness (QED) is 0.651. The van der Waals surface area contributed by atoms with Gasteiger partial charge < -0.3 is 25.2 Å². The number of likely N-dealkylation sites (tertiary alicyclic amines) is 1. The van der Waals surface area contributed by atoms with Crippen molar-refractivity contribution in [1.82, 2.24) is 4.90 Å². The van der Waals surface area contributed by atoms with Crippen LogP contribution in [-0.2, 0) is 11.2 Å². The van der Waals surface area contributed by atoms with Crippen molar-refractivity contribution in [3.05, 3.63) is 53.6 Å². The van der Waals surface area contributed by atoms with Gasteiger partial charge in [0.2, 0.25) is 5.91 Å². The highest BCUT2D eigenvalue weighted by Gasteiger charge is 2.34. The summed E-state index contributed by atoms with van der Waals surface area (Å²) in [5, 5.41) is 9.60. The summed E-state index contributed by atoms with van der Waals surface area (Å²) in [7, 11) is 0. The Kier molecular flexibility index (Phi) is 6.75. The number of benzene rings is 2. The van der Waals surface area contributed by atoms with Crippen molar-refractivity contribution in [3.63, 3.8) is 0 Å². The first kappa shape index (κ1) is 23.2. The minimum Gasteiger partial charge on any atom is -0.508 e. The van der Waals surface area contributed by atoms with Crippen LogP contribution in [0.3, 0.4) is 0 Å². The maximum atomic E-state index is 14.7. The van der Waals surface area contributed by atoms with Crippen LogP contribution in [0.5, 0.6) is 17.2 Å². The number of rotatable bonds is 6. The molecule has 172 valence electrons. The molecule has 1 aliphatic rings. The van der Waals surface area contributed by atoms with Crippen molar-refractivity contribution >= 4 is 11.8 Å². The summed E-state index contributed by atoms with van der Waals surface area (Å²) in [6.07, 6.45) is -7.34. The molecule has 3 rings (SSSR count). The third kappa shape index (κ3) is 6.02. The van der Waals surface area contributed by atoms with Crippen molar-refractivity contribution in [2.75, 3.05) is 13.1 Å². The minimum absolute atomic E-state index is 0.00791. The predicted octanol–water partition coefficient (Wildman–Crippen LogP) is 2.95. The maximum absolute atomic E-state index is 14.7. The number of hydrogen-bond donors (Lipinski definition) is 2. The molecule has 11 heteroatoms. The van der Waals surface area contributed by atoms with Crippen LogP contribution in [0, 0.1) is 0 Å². The highest BCUT2D eigenvalue weighted by Crippen LogP contribution is 2.28. The molecule has 2 aromatic rings. The molecular weight excluding hydrogens is 436 g/mol. The zero-order valence-corrected chi connectivity index (χ0v) is 16.6. The van der Waals surface area contributed by atoms with Crippen molar-refractivity contribution in [1.29, 1.82) is 0 Å². The number of primary amides is 1. The summed E-state index contributed by atoms with van der Waals surface area (Å²) < 4.78 is 60.7. The summed E-state index contributed by atoms with van der Waals surface area (Å²) >= 11 is 0. The maximum Gasteiger partial charge on any atom is 0.573 e. The molecule has 0 bridgehead atoms. The first-order chi connectivity index (χ1) is 15.0. The molecule has 0 unspecified atom stereocenters. The fourth-order valence-corrected chi connectivity index (χ4v) is 3.31. The third-order valence-electron chi connectivity index (χ3n) is 4.86. The molecule has 0 aromatic heterocycles. The van der Waals surface area contributed by atoms with Gasteiger partial charge in [-0.25, -0.2) is 4.39 Å². The zero-order valence-electron chi connectivity index (χ0n) is 16.6. The third-order valence-corrected chi connectivity index (χ3v) is 4.86. The summed E-state index contributed by atoms with van der Waals surface area (Å²) in [6.45, 7) is -0.0899. The molecule has 2 amide bonds. The van der Waals surface area contributed by atoms with Gasteiger partial charge in [0.25, 0.3) is 5.91 Å². The lowest BCUT2D eigenvalue weighted by Gasteiger charge is -2.35. The Hall–Kier alpha value is -3.50. The van der Waals surface area contributed by atoms with Gasteiger partial charge in [-0.05, 0) is 29.8 Å². The van der Waals surface area contributed by atoms with E-state index in [2.05, 4.69) is 4.74 Å². The van der Waals surface area contributed by atoms with Crippen LogP contribution in [0.2, 0.25) is 0 Å². The normalized spacial score (nSPS) is 18.8. The molecule has 1 saturated heterocycles. The molecule has 1 fully saturated rings. The van der Waals surface area contributed by atoms with Gasteiger partial charge >= 0.3 is 6.36 Å². The second-order valence-corrected chi connectivity index (χ2v) is 7.21. The number of piperidine rings is 1. The van der Waals surface area contributed by atoms with E-state index in [1.165, 1.54) is 29.2 Å². The van der Waals surface area contributed by atoms with Crippen LogP contribution in [0.4, 0.5) is 17.6 Å². The van der Waals surface area contributed by atoms with E-state index in [0.29, 0.717) is 5.56 Å². The van der Waals surface area contributed by atoms with Gasteiger partial charge in [0, 0.05) is 19.0 Å². The molecule has 32 heavy (non-hydrogen) atoms. The van der Waals surface area contributed by atoms with Crippen LogP contribution < -0.4 is 15.2 Å². The molecule has 2 aromatic carbocycles. The smallest absolute Gasteiger partial charge is 0.508 e. The fourth-order valence-electron chi connectivity index (χ4n) is 3.31. The van der Waals surface area contributed by atoms with Crippen molar-refractivity contribution < 1.29 is 41.7 Å². The number of ether oxygens (including phenoxy) is 2. The first-order valence-electron chi connectivity index (χ1n) is 9.58. The monoisotopic (exact) mass is 456 g/mol. The molecule has 1 aliphatic heterocycles. The molecule has 0 aliphatic carbocycles. The van der Waals surface area contributed by atoms with Crippen LogP contribution in [0.25, 0.3) is 0 Å². The van der Waals surface area contributed by atoms with E-state index in [1.807, 2.05) is 0 Å². The Labute approximate surface area is 180 Å². The summed E-state index contributed by atoms with van der Waals surface area (Å²) in [6, 6.07) is 8.53. The number of nitrogens with two attached hydrogens (primary N) is 1. The Morgan fingerprint density at radius 3 is 2.44 bits per heavy atom. The first-order valence-corrected chi connectivity index (χ1v) is 9.58. The second kappa shape index (κ2) is 9.33. The van der Waals surface area contributed by atoms with Gasteiger partial charge in [-0.15, -0.1) is 13.2 Å². The number of carbonyl (C=O) groups is 2. The highest BCUT2D eigenvalue weighted by atomic mass is 19.4. The Morgan fingerprint density at radius 2 is 1.84 bits per heavy atom. The van der Waals surface area contributed by atoms with E-state index in [4.69, 9.17) is 10.5 Å². The number of phenols is 1. The van der Waals surface area contributed by atoms with Crippen LogP contribution in [0.15, 0.2) is 42.5 Å². The average Bonchev–Trinajstić information content (AvgIpc) is 2.69. The van der Waals surface area contributed by atoms with Gasteiger partial charge in [0.1, 0.15) is 23.4 Å². The van der Waals surface area contributed by atoms with E-state index in [1.54, 1.807) is 0 Å². The average molecular weight is 456 g/mol. The molecule has 2 atom stereocenters. The van der Waals surface area contributed by atoms with Crippen molar-refractivity contribution in [2.45, 2.75) is 31.5 Å². The SMILES string of the molecule is NC(=O)c1ccc(O)cc1O[C@H]1CCN(C(=O)Cc2ccc(OC(F)(F)F)cc2)C[C@@H]1F. The topological polar surface area (TPSA) is 102 Å². The number of alkyl halides is 4. The lowest BCUT2D eigenvalue weighted by Crippen LogP contribution is -2.49.